The molecule has 0 aliphatic carbocycles. The summed E-state index contributed by atoms with van der Waals surface area (Å²) in [6.07, 6.45) is 0.936. The molecule has 0 aromatic heterocycles. The molecule has 0 saturated carbocycles. The summed E-state index contributed by atoms with van der Waals surface area (Å²) in [6, 6.07) is 21.3. The Morgan fingerprint density at radius 3 is 2.23 bits per heavy atom. The number of carbonyl (C=O) groups is 2. The first kappa shape index (κ1) is 26.0. The highest BCUT2D eigenvalue weighted by molar-refractivity contribution is 6.04. The van der Waals surface area contributed by atoms with Crippen molar-refractivity contribution in [3.05, 3.63) is 94.5 Å². The van der Waals surface area contributed by atoms with Gasteiger partial charge < -0.3 is 15.1 Å². The van der Waals surface area contributed by atoms with E-state index in [1.165, 1.54) is 5.56 Å². The topological polar surface area (TPSA) is 52.7 Å². The third kappa shape index (κ3) is 6.95. The highest BCUT2D eigenvalue weighted by atomic mass is 16.2. The third-order valence-electron chi connectivity index (χ3n) is 5.94. The number of amides is 2. The van der Waals surface area contributed by atoms with Gasteiger partial charge in [0.2, 0.25) is 0 Å². The molecule has 0 heterocycles. The van der Waals surface area contributed by atoms with Gasteiger partial charge in [-0.2, -0.15) is 0 Å². The normalized spacial score (nSPS) is 10.8. The molecule has 0 saturated heterocycles. The van der Waals surface area contributed by atoms with E-state index in [0.717, 1.165) is 23.2 Å². The van der Waals surface area contributed by atoms with Crippen molar-refractivity contribution in [3.8, 4) is 0 Å². The van der Waals surface area contributed by atoms with E-state index in [1.807, 2.05) is 97.5 Å². The summed E-state index contributed by atoms with van der Waals surface area (Å²) in [7, 11) is 3.98. The molecule has 1 N–H and O–H groups in total. The molecule has 3 aromatic carbocycles. The minimum absolute atomic E-state index is 0.0116. The van der Waals surface area contributed by atoms with E-state index in [9.17, 15) is 9.59 Å². The molecule has 0 fully saturated rings. The lowest BCUT2D eigenvalue weighted by atomic mass is 10.1. The highest BCUT2D eigenvalue weighted by Gasteiger charge is 2.20. The molecule has 0 spiro atoms. The number of nitrogens with zero attached hydrogens (tertiary/aromatic N) is 2. The summed E-state index contributed by atoms with van der Waals surface area (Å²) in [6.45, 7) is 9.41. The van der Waals surface area contributed by atoms with Gasteiger partial charge in [0.05, 0.1) is 0 Å². The standard InChI is InChI=1S/C30H37N3O2/c1-7-23-11-13-24(14-12-23)29(34)31-27-15-16-28(32(5)6)26(18-27)20-33(19-21(2)3)30(35)25-10-8-9-22(4)17-25/h8-18,21H,7,19-20H2,1-6H3,(H,31,34). The van der Waals surface area contributed by atoms with Crippen LogP contribution in [-0.4, -0.2) is 37.4 Å². The molecule has 5 heteroatoms. The van der Waals surface area contributed by atoms with E-state index >= 15 is 0 Å². The molecular formula is C30H37N3O2. The molecule has 184 valence electrons. The molecule has 0 aliphatic heterocycles. The fourth-order valence-corrected chi connectivity index (χ4v) is 4.15. The number of nitrogens with one attached hydrogen (secondary N) is 1. The number of hydrogen-bond donors (Lipinski definition) is 1. The van der Waals surface area contributed by atoms with E-state index in [1.54, 1.807) is 0 Å². The Balaban J connectivity index is 1.89. The van der Waals surface area contributed by atoms with Gasteiger partial charge in [-0.25, -0.2) is 0 Å². The largest absolute Gasteiger partial charge is 0.377 e. The third-order valence-corrected chi connectivity index (χ3v) is 5.94. The Bertz CT molecular complexity index is 1170. The average Bonchev–Trinajstić information content (AvgIpc) is 2.83. The van der Waals surface area contributed by atoms with Crippen LogP contribution in [0.5, 0.6) is 0 Å². The van der Waals surface area contributed by atoms with Crippen LogP contribution in [0.15, 0.2) is 66.7 Å². The van der Waals surface area contributed by atoms with Crippen molar-refractivity contribution in [3.63, 3.8) is 0 Å². The second kappa shape index (κ2) is 11.7. The zero-order chi connectivity index (χ0) is 25.5. The lowest BCUT2D eigenvalue weighted by Crippen LogP contribution is -2.34. The molecule has 3 aromatic rings. The van der Waals surface area contributed by atoms with Gasteiger partial charge in [0, 0.05) is 49.7 Å². The predicted molar refractivity (Wildman–Crippen MR) is 145 cm³/mol. The van der Waals surface area contributed by atoms with Crippen LogP contribution < -0.4 is 10.2 Å². The first-order valence-electron chi connectivity index (χ1n) is 12.2. The summed E-state index contributed by atoms with van der Waals surface area (Å²) in [5.41, 5.74) is 6.28. The van der Waals surface area contributed by atoms with E-state index in [-0.39, 0.29) is 11.8 Å². The summed E-state index contributed by atoms with van der Waals surface area (Å²) in [5, 5.41) is 3.02. The first-order chi connectivity index (χ1) is 16.7. The summed E-state index contributed by atoms with van der Waals surface area (Å²) >= 11 is 0. The Hall–Kier alpha value is -3.60. The van der Waals surface area contributed by atoms with Crippen molar-refractivity contribution < 1.29 is 9.59 Å². The zero-order valence-corrected chi connectivity index (χ0v) is 21.8. The van der Waals surface area contributed by atoms with Gasteiger partial charge in [0.15, 0.2) is 0 Å². The number of anilines is 2. The maximum Gasteiger partial charge on any atom is 0.255 e. The second-order valence-electron chi connectivity index (χ2n) is 9.69. The maximum absolute atomic E-state index is 13.5. The average molecular weight is 472 g/mol. The van der Waals surface area contributed by atoms with Crippen LogP contribution in [-0.2, 0) is 13.0 Å². The summed E-state index contributed by atoms with van der Waals surface area (Å²) in [5.74, 6) is 0.184. The molecular weight excluding hydrogens is 434 g/mol. The molecule has 0 radical (unpaired) electrons. The molecule has 3 rings (SSSR count). The van der Waals surface area contributed by atoms with Gasteiger partial charge in [-0.05, 0) is 72.9 Å². The van der Waals surface area contributed by atoms with Crippen molar-refractivity contribution in [2.75, 3.05) is 30.9 Å². The molecule has 0 unspecified atom stereocenters. The Morgan fingerprint density at radius 2 is 1.63 bits per heavy atom. The van der Waals surface area contributed by atoms with Crippen LogP contribution in [0, 0.1) is 12.8 Å². The fraction of sp³-hybridized carbons (Fsp3) is 0.333. The van der Waals surface area contributed by atoms with Crippen LogP contribution in [0.2, 0.25) is 0 Å². The molecule has 0 bridgehead atoms. The van der Waals surface area contributed by atoms with Gasteiger partial charge in [-0.3, -0.25) is 9.59 Å². The van der Waals surface area contributed by atoms with Crippen LogP contribution in [0.4, 0.5) is 11.4 Å². The predicted octanol–water partition coefficient (Wildman–Crippen LogP) is 6.17. The maximum atomic E-state index is 13.5. The monoisotopic (exact) mass is 471 g/mol. The number of carbonyl (C=O) groups excluding carboxylic acids is 2. The highest BCUT2D eigenvalue weighted by Crippen LogP contribution is 2.26. The quantitative estimate of drug-likeness (QED) is 0.406. The minimum atomic E-state index is -0.147. The number of hydrogen-bond acceptors (Lipinski definition) is 3. The molecule has 0 atom stereocenters. The minimum Gasteiger partial charge on any atom is -0.377 e. The lowest BCUT2D eigenvalue weighted by molar-refractivity contribution is 0.0722. The fourth-order valence-electron chi connectivity index (χ4n) is 4.15. The van der Waals surface area contributed by atoms with Crippen LogP contribution in [0.1, 0.15) is 58.2 Å². The van der Waals surface area contributed by atoms with Gasteiger partial charge in [-0.1, -0.05) is 50.6 Å². The second-order valence-corrected chi connectivity index (χ2v) is 9.69. The van der Waals surface area contributed by atoms with Gasteiger partial charge >= 0.3 is 0 Å². The van der Waals surface area contributed by atoms with E-state index in [4.69, 9.17) is 0 Å². The van der Waals surface area contributed by atoms with Crippen LogP contribution in [0.25, 0.3) is 0 Å². The first-order valence-corrected chi connectivity index (χ1v) is 12.2. The van der Waals surface area contributed by atoms with Gasteiger partial charge in [0.1, 0.15) is 0 Å². The van der Waals surface area contributed by atoms with E-state index in [2.05, 4.69) is 26.1 Å². The van der Waals surface area contributed by atoms with Crippen molar-refractivity contribution in [2.24, 2.45) is 5.92 Å². The Kier molecular flexibility index (Phi) is 8.69. The van der Waals surface area contributed by atoms with Crippen molar-refractivity contribution in [1.82, 2.24) is 4.90 Å². The molecule has 5 nitrogen and oxygen atoms in total. The smallest absolute Gasteiger partial charge is 0.255 e. The van der Waals surface area contributed by atoms with Crippen molar-refractivity contribution >= 4 is 23.2 Å². The number of benzene rings is 3. The van der Waals surface area contributed by atoms with Crippen molar-refractivity contribution in [1.29, 1.82) is 0 Å². The molecule has 35 heavy (non-hydrogen) atoms. The number of rotatable bonds is 9. The summed E-state index contributed by atoms with van der Waals surface area (Å²) < 4.78 is 0. The molecule has 2 amide bonds. The van der Waals surface area contributed by atoms with Gasteiger partial charge in [0.25, 0.3) is 11.8 Å². The summed E-state index contributed by atoms with van der Waals surface area (Å²) in [4.78, 5) is 30.2. The van der Waals surface area contributed by atoms with Crippen LogP contribution >= 0.6 is 0 Å². The van der Waals surface area contributed by atoms with Gasteiger partial charge in [-0.15, -0.1) is 0 Å². The number of aryl methyl sites for hydroxylation is 2. The van der Waals surface area contributed by atoms with Crippen LogP contribution in [0.3, 0.4) is 0 Å². The Labute approximate surface area is 209 Å². The van der Waals surface area contributed by atoms with Crippen molar-refractivity contribution in [2.45, 2.75) is 40.7 Å². The molecule has 0 aliphatic rings. The van der Waals surface area contributed by atoms with E-state index < -0.39 is 0 Å². The lowest BCUT2D eigenvalue weighted by Gasteiger charge is -2.28. The SMILES string of the molecule is CCc1ccc(C(=O)Nc2ccc(N(C)C)c(CN(CC(C)C)C(=O)c3cccc(C)c3)c2)cc1. The van der Waals surface area contributed by atoms with E-state index in [0.29, 0.717) is 35.8 Å². The Morgan fingerprint density at radius 1 is 0.914 bits per heavy atom. The zero-order valence-electron chi connectivity index (χ0n) is 21.8.